The van der Waals surface area contributed by atoms with Crippen molar-refractivity contribution < 1.29 is 9.47 Å². The molecule has 98 valence electrons. The molecular weight excluding hydrogens is 228 g/mol. The molecule has 0 spiro atoms. The fourth-order valence-corrected chi connectivity index (χ4v) is 1.55. The first-order chi connectivity index (χ1) is 8.67. The second kappa shape index (κ2) is 7.57. The summed E-state index contributed by atoms with van der Waals surface area (Å²) in [4.78, 5) is 0. The van der Waals surface area contributed by atoms with Crippen LogP contribution in [-0.4, -0.2) is 20.3 Å². The summed E-state index contributed by atoms with van der Waals surface area (Å²) in [7, 11) is 1.61. The third kappa shape index (κ3) is 4.64. The number of methoxy groups -OCH3 is 1. The van der Waals surface area contributed by atoms with Gasteiger partial charge in [-0.25, -0.2) is 0 Å². The molecule has 4 nitrogen and oxygen atoms in total. The minimum atomic E-state index is 0.0460. The van der Waals surface area contributed by atoms with Crippen LogP contribution in [0.1, 0.15) is 19.4 Å². The summed E-state index contributed by atoms with van der Waals surface area (Å²) in [6, 6.07) is 7.63. The Labute approximate surface area is 109 Å². The van der Waals surface area contributed by atoms with Gasteiger partial charge < -0.3 is 14.8 Å². The Hall–Kier alpha value is -1.73. The summed E-state index contributed by atoms with van der Waals surface area (Å²) in [5.41, 5.74) is 1.03. The maximum absolute atomic E-state index is 8.57. The van der Waals surface area contributed by atoms with Crippen molar-refractivity contribution in [3.63, 3.8) is 0 Å². The topological polar surface area (TPSA) is 54.3 Å². The molecule has 0 radical (unpaired) electrons. The van der Waals surface area contributed by atoms with Gasteiger partial charge >= 0.3 is 0 Å². The van der Waals surface area contributed by atoms with E-state index in [0.29, 0.717) is 11.7 Å². The first-order valence-electron chi connectivity index (χ1n) is 6.04. The van der Waals surface area contributed by atoms with Crippen molar-refractivity contribution in [2.24, 2.45) is 5.92 Å². The Morgan fingerprint density at radius 2 is 2.17 bits per heavy atom. The molecule has 1 aromatic rings. The number of hydrogen-bond acceptors (Lipinski definition) is 4. The Balaban J connectivity index is 2.72. The molecule has 0 saturated heterocycles. The number of nitriles is 1. The van der Waals surface area contributed by atoms with Gasteiger partial charge in [0.15, 0.2) is 6.61 Å². The fraction of sp³-hybridized carbons (Fsp3) is 0.500. The van der Waals surface area contributed by atoms with Crippen molar-refractivity contribution >= 4 is 0 Å². The highest BCUT2D eigenvalue weighted by atomic mass is 16.5. The molecule has 0 amide bonds. The van der Waals surface area contributed by atoms with Gasteiger partial charge in [0.2, 0.25) is 0 Å². The molecule has 0 aliphatic rings. The van der Waals surface area contributed by atoms with Gasteiger partial charge in [-0.3, -0.25) is 0 Å². The predicted molar refractivity (Wildman–Crippen MR) is 70.6 cm³/mol. The van der Waals surface area contributed by atoms with E-state index in [9.17, 15) is 0 Å². The van der Waals surface area contributed by atoms with Crippen molar-refractivity contribution in [3.8, 4) is 17.6 Å². The zero-order valence-electron chi connectivity index (χ0n) is 11.2. The second-order valence-corrected chi connectivity index (χ2v) is 4.45. The average molecular weight is 248 g/mol. The highest BCUT2D eigenvalue weighted by Gasteiger charge is 2.06. The molecule has 0 atom stereocenters. The van der Waals surface area contributed by atoms with Crippen molar-refractivity contribution in [2.45, 2.75) is 20.4 Å². The standard InChI is InChI=1S/C14H20N2O2/c1-11(2)9-16-10-12-4-5-13(17-3)8-14(12)18-7-6-15/h4-5,8,11,16H,7,9-10H2,1-3H3. The molecule has 1 N–H and O–H groups in total. The van der Waals surface area contributed by atoms with Gasteiger partial charge in [0.25, 0.3) is 0 Å². The van der Waals surface area contributed by atoms with E-state index in [0.717, 1.165) is 24.4 Å². The van der Waals surface area contributed by atoms with Crippen LogP contribution in [0.3, 0.4) is 0 Å². The molecule has 1 aromatic carbocycles. The lowest BCUT2D eigenvalue weighted by molar-refractivity contribution is 0.355. The number of rotatable bonds is 7. The lowest BCUT2D eigenvalue weighted by Gasteiger charge is -2.13. The number of nitrogens with one attached hydrogen (secondary N) is 1. The van der Waals surface area contributed by atoms with E-state index in [1.165, 1.54) is 0 Å². The van der Waals surface area contributed by atoms with Crippen LogP contribution in [0.25, 0.3) is 0 Å². The quantitative estimate of drug-likeness (QED) is 0.804. The van der Waals surface area contributed by atoms with Gasteiger partial charge in [0.05, 0.1) is 7.11 Å². The molecule has 0 fully saturated rings. The zero-order chi connectivity index (χ0) is 13.4. The largest absolute Gasteiger partial charge is 0.497 e. The van der Waals surface area contributed by atoms with Crippen molar-refractivity contribution in [1.82, 2.24) is 5.32 Å². The SMILES string of the molecule is COc1ccc(CNCC(C)C)c(OCC#N)c1. The molecule has 4 heteroatoms. The van der Waals surface area contributed by atoms with E-state index in [1.54, 1.807) is 7.11 Å². The number of ether oxygens (including phenoxy) is 2. The van der Waals surface area contributed by atoms with Crippen molar-refractivity contribution in [1.29, 1.82) is 5.26 Å². The van der Waals surface area contributed by atoms with Crippen LogP contribution >= 0.6 is 0 Å². The Morgan fingerprint density at radius 1 is 1.39 bits per heavy atom. The van der Waals surface area contributed by atoms with Gasteiger partial charge in [0, 0.05) is 18.2 Å². The van der Waals surface area contributed by atoms with Crippen LogP contribution in [-0.2, 0) is 6.54 Å². The first-order valence-corrected chi connectivity index (χ1v) is 6.04. The summed E-state index contributed by atoms with van der Waals surface area (Å²) in [5, 5.41) is 11.9. The van der Waals surface area contributed by atoms with Gasteiger partial charge in [-0.1, -0.05) is 19.9 Å². The Bertz CT molecular complexity index is 411. The van der Waals surface area contributed by atoms with Crippen LogP contribution in [0.2, 0.25) is 0 Å². The van der Waals surface area contributed by atoms with Crippen LogP contribution in [0.15, 0.2) is 18.2 Å². The summed E-state index contributed by atoms with van der Waals surface area (Å²) < 4.78 is 10.6. The molecule has 0 saturated carbocycles. The van der Waals surface area contributed by atoms with Gasteiger partial charge in [-0.05, 0) is 18.5 Å². The first kappa shape index (κ1) is 14.3. The maximum atomic E-state index is 8.57. The average Bonchev–Trinajstić information content (AvgIpc) is 2.36. The molecule has 0 heterocycles. The van der Waals surface area contributed by atoms with Crippen LogP contribution in [0.4, 0.5) is 0 Å². The minimum Gasteiger partial charge on any atom is -0.497 e. The van der Waals surface area contributed by atoms with E-state index < -0.39 is 0 Å². The van der Waals surface area contributed by atoms with E-state index in [4.69, 9.17) is 14.7 Å². The highest BCUT2D eigenvalue weighted by molar-refractivity contribution is 5.40. The maximum Gasteiger partial charge on any atom is 0.174 e. The molecule has 0 aliphatic heterocycles. The summed E-state index contributed by atoms with van der Waals surface area (Å²) in [6.07, 6.45) is 0. The van der Waals surface area contributed by atoms with Crippen molar-refractivity contribution in [3.05, 3.63) is 23.8 Å². The fourth-order valence-electron chi connectivity index (χ4n) is 1.55. The monoisotopic (exact) mass is 248 g/mol. The second-order valence-electron chi connectivity index (χ2n) is 4.45. The number of nitrogens with zero attached hydrogens (tertiary/aromatic N) is 1. The molecule has 18 heavy (non-hydrogen) atoms. The van der Waals surface area contributed by atoms with Crippen LogP contribution in [0.5, 0.6) is 11.5 Å². The summed E-state index contributed by atoms with van der Waals surface area (Å²) >= 11 is 0. The minimum absolute atomic E-state index is 0.0460. The molecule has 0 unspecified atom stereocenters. The van der Waals surface area contributed by atoms with Crippen LogP contribution < -0.4 is 14.8 Å². The lowest BCUT2D eigenvalue weighted by atomic mass is 10.1. The van der Waals surface area contributed by atoms with E-state index in [2.05, 4.69) is 19.2 Å². The Morgan fingerprint density at radius 3 is 2.78 bits per heavy atom. The third-order valence-electron chi connectivity index (χ3n) is 2.43. The molecule has 0 aromatic heterocycles. The van der Waals surface area contributed by atoms with E-state index in [-0.39, 0.29) is 6.61 Å². The predicted octanol–water partition coefficient (Wildman–Crippen LogP) is 2.34. The van der Waals surface area contributed by atoms with Crippen molar-refractivity contribution in [2.75, 3.05) is 20.3 Å². The molecule has 0 aliphatic carbocycles. The van der Waals surface area contributed by atoms with E-state index >= 15 is 0 Å². The number of hydrogen-bond donors (Lipinski definition) is 1. The van der Waals surface area contributed by atoms with E-state index in [1.807, 2.05) is 24.3 Å². The lowest BCUT2D eigenvalue weighted by Crippen LogP contribution is -2.19. The Kier molecular flexibility index (Phi) is 6.03. The van der Waals surface area contributed by atoms with Gasteiger partial charge in [-0.15, -0.1) is 0 Å². The molecule has 0 bridgehead atoms. The molecule has 1 rings (SSSR count). The highest BCUT2D eigenvalue weighted by Crippen LogP contribution is 2.24. The smallest absolute Gasteiger partial charge is 0.174 e. The van der Waals surface area contributed by atoms with Gasteiger partial charge in [0.1, 0.15) is 17.6 Å². The summed E-state index contributed by atoms with van der Waals surface area (Å²) in [5.74, 6) is 2.04. The van der Waals surface area contributed by atoms with Gasteiger partial charge in [-0.2, -0.15) is 5.26 Å². The van der Waals surface area contributed by atoms with Crippen LogP contribution in [0, 0.1) is 17.2 Å². The normalized spacial score (nSPS) is 10.2. The summed E-state index contributed by atoms with van der Waals surface area (Å²) in [6.45, 7) is 6.04. The number of benzene rings is 1. The zero-order valence-corrected chi connectivity index (χ0v) is 11.2. The molecular formula is C14H20N2O2. The third-order valence-corrected chi connectivity index (χ3v) is 2.43.